The zero-order chi connectivity index (χ0) is 12.1. The number of carboxylic acids is 1. The molecular weight excluding hydrogens is 276 g/mol. The summed E-state index contributed by atoms with van der Waals surface area (Å²) in [6.45, 7) is 2.23. The van der Waals surface area contributed by atoms with Crippen LogP contribution in [-0.2, 0) is 4.79 Å². The number of hydrogen-bond donors (Lipinski definition) is 2. The molecule has 0 atom stereocenters. The first kappa shape index (κ1) is 12.6. The molecule has 0 aromatic heterocycles. The molecule has 0 saturated carbocycles. The smallest absolute Gasteiger partial charge is 0.328 e. The minimum absolute atomic E-state index is 0.0150. The number of phenolic OH excluding ortho intramolecular Hbond substituents is 1. The number of hydrogen-bond acceptors (Lipinski definition) is 3. The number of carboxylic acid groups (broad SMARTS) is 1. The molecule has 0 aliphatic carbocycles. The van der Waals surface area contributed by atoms with Crippen molar-refractivity contribution in [2.24, 2.45) is 0 Å². The average molecular weight is 287 g/mol. The zero-order valence-electron chi connectivity index (χ0n) is 8.61. The minimum Gasteiger partial charge on any atom is -0.504 e. The van der Waals surface area contributed by atoms with Gasteiger partial charge in [0.05, 0.1) is 6.61 Å². The summed E-state index contributed by atoms with van der Waals surface area (Å²) in [7, 11) is 0. The molecule has 16 heavy (non-hydrogen) atoms. The second-order valence-corrected chi connectivity index (χ2v) is 3.80. The Morgan fingerprint density at radius 1 is 1.56 bits per heavy atom. The molecule has 2 N–H and O–H groups in total. The highest BCUT2D eigenvalue weighted by molar-refractivity contribution is 9.10. The molecule has 0 saturated heterocycles. The number of halogens is 1. The number of aromatic hydroxyl groups is 1. The lowest BCUT2D eigenvalue weighted by molar-refractivity contribution is -0.131. The van der Waals surface area contributed by atoms with E-state index in [0.717, 1.165) is 6.08 Å². The van der Waals surface area contributed by atoms with Crippen molar-refractivity contribution in [3.8, 4) is 11.5 Å². The van der Waals surface area contributed by atoms with Crippen molar-refractivity contribution in [3.63, 3.8) is 0 Å². The van der Waals surface area contributed by atoms with Crippen LogP contribution in [0.1, 0.15) is 12.5 Å². The molecule has 0 radical (unpaired) electrons. The van der Waals surface area contributed by atoms with Gasteiger partial charge in [0.1, 0.15) is 0 Å². The summed E-state index contributed by atoms with van der Waals surface area (Å²) in [5.41, 5.74) is 0.628. The van der Waals surface area contributed by atoms with Gasteiger partial charge in [-0.25, -0.2) is 4.79 Å². The molecule has 86 valence electrons. The maximum absolute atomic E-state index is 10.4. The van der Waals surface area contributed by atoms with Crippen LogP contribution in [0.3, 0.4) is 0 Å². The van der Waals surface area contributed by atoms with Crippen LogP contribution < -0.4 is 4.74 Å². The van der Waals surface area contributed by atoms with Crippen LogP contribution in [0.4, 0.5) is 0 Å². The van der Waals surface area contributed by atoms with Gasteiger partial charge in [-0.2, -0.15) is 0 Å². The molecule has 0 unspecified atom stereocenters. The molecule has 5 heteroatoms. The van der Waals surface area contributed by atoms with E-state index in [1.54, 1.807) is 13.0 Å². The second-order valence-electron chi connectivity index (χ2n) is 2.95. The Morgan fingerprint density at radius 2 is 2.25 bits per heavy atom. The summed E-state index contributed by atoms with van der Waals surface area (Å²) in [5.74, 6) is -0.685. The number of carbonyl (C=O) groups is 1. The van der Waals surface area contributed by atoms with Crippen molar-refractivity contribution >= 4 is 28.0 Å². The zero-order valence-corrected chi connectivity index (χ0v) is 10.2. The third-order valence-corrected chi connectivity index (χ3v) is 2.47. The van der Waals surface area contributed by atoms with Crippen LogP contribution in [-0.4, -0.2) is 22.8 Å². The fourth-order valence-electron chi connectivity index (χ4n) is 1.12. The number of aliphatic carboxylic acids is 1. The van der Waals surface area contributed by atoms with E-state index in [4.69, 9.17) is 9.84 Å². The summed E-state index contributed by atoms with van der Waals surface area (Å²) in [6, 6.07) is 3.04. The highest BCUT2D eigenvalue weighted by Gasteiger charge is 2.06. The fraction of sp³-hybridized carbons (Fsp3) is 0.182. The predicted octanol–water partition coefficient (Wildman–Crippen LogP) is 2.65. The lowest BCUT2D eigenvalue weighted by atomic mass is 10.2. The molecule has 0 heterocycles. The van der Waals surface area contributed by atoms with Crippen LogP contribution >= 0.6 is 15.9 Å². The van der Waals surface area contributed by atoms with Gasteiger partial charge in [0.15, 0.2) is 11.5 Å². The molecular formula is C11H11BrO4. The Morgan fingerprint density at radius 3 is 2.81 bits per heavy atom. The standard InChI is InChI=1S/C11H11BrO4/c1-2-16-10-5-7(3-4-11(14)15)8(12)6-9(10)13/h3-6,13H,2H2,1H3,(H,14,15). The topological polar surface area (TPSA) is 66.8 Å². The molecule has 1 aromatic rings. The Hall–Kier alpha value is -1.49. The number of phenols is 1. The molecule has 4 nitrogen and oxygen atoms in total. The molecule has 1 rings (SSSR count). The van der Waals surface area contributed by atoms with Gasteiger partial charge >= 0.3 is 5.97 Å². The fourth-order valence-corrected chi connectivity index (χ4v) is 1.58. The van der Waals surface area contributed by atoms with Gasteiger partial charge in [-0.05, 0) is 30.7 Å². The monoisotopic (exact) mass is 286 g/mol. The first-order valence-corrected chi connectivity index (χ1v) is 5.40. The largest absolute Gasteiger partial charge is 0.504 e. The minimum atomic E-state index is -1.03. The molecule has 0 aliphatic rings. The molecule has 0 spiro atoms. The third-order valence-electron chi connectivity index (χ3n) is 1.78. The van der Waals surface area contributed by atoms with E-state index < -0.39 is 5.97 Å². The quantitative estimate of drug-likeness (QED) is 0.835. The first-order chi connectivity index (χ1) is 7.54. The molecule has 0 aliphatic heterocycles. The normalized spacial score (nSPS) is 10.6. The third kappa shape index (κ3) is 3.27. The Bertz CT molecular complexity index is 426. The highest BCUT2D eigenvalue weighted by Crippen LogP contribution is 2.33. The van der Waals surface area contributed by atoms with Crippen molar-refractivity contribution in [2.75, 3.05) is 6.61 Å². The van der Waals surface area contributed by atoms with Gasteiger partial charge in [-0.3, -0.25) is 0 Å². The van der Waals surface area contributed by atoms with Gasteiger partial charge in [0.25, 0.3) is 0 Å². The molecule has 0 amide bonds. The van der Waals surface area contributed by atoms with E-state index >= 15 is 0 Å². The Balaban J connectivity index is 3.09. The van der Waals surface area contributed by atoms with Crippen molar-refractivity contribution in [1.29, 1.82) is 0 Å². The van der Waals surface area contributed by atoms with E-state index in [-0.39, 0.29) is 5.75 Å². The predicted molar refractivity (Wildman–Crippen MR) is 63.6 cm³/mol. The Kier molecular flexibility index (Phi) is 4.37. The maximum atomic E-state index is 10.4. The lowest BCUT2D eigenvalue weighted by Gasteiger charge is -2.08. The van der Waals surface area contributed by atoms with Crippen LogP contribution in [0.5, 0.6) is 11.5 Å². The Labute approximate surface area is 101 Å². The second kappa shape index (κ2) is 5.55. The van der Waals surface area contributed by atoms with Crippen molar-refractivity contribution < 1.29 is 19.7 Å². The van der Waals surface area contributed by atoms with Crippen LogP contribution in [0.25, 0.3) is 6.08 Å². The highest BCUT2D eigenvalue weighted by atomic mass is 79.9. The van der Waals surface area contributed by atoms with Gasteiger partial charge in [0, 0.05) is 10.5 Å². The summed E-state index contributed by atoms with van der Waals surface area (Å²) in [6.07, 6.45) is 2.45. The summed E-state index contributed by atoms with van der Waals surface area (Å²) >= 11 is 3.22. The van der Waals surface area contributed by atoms with Crippen LogP contribution in [0.15, 0.2) is 22.7 Å². The van der Waals surface area contributed by atoms with E-state index in [0.29, 0.717) is 22.4 Å². The van der Waals surface area contributed by atoms with Crippen LogP contribution in [0.2, 0.25) is 0 Å². The number of rotatable bonds is 4. The van der Waals surface area contributed by atoms with E-state index in [1.807, 2.05) is 0 Å². The van der Waals surface area contributed by atoms with Gasteiger partial charge < -0.3 is 14.9 Å². The summed E-state index contributed by atoms with van der Waals surface area (Å²) in [4.78, 5) is 10.4. The van der Waals surface area contributed by atoms with E-state index in [9.17, 15) is 9.90 Å². The molecule has 1 aromatic carbocycles. The van der Waals surface area contributed by atoms with Crippen molar-refractivity contribution in [2.45, 2.75) is 6.92 Å². The van der Waals surface area contributed by atoms with Crippen molar-refractivity contribution in [1.82, 2.24) is 0 Å². The number of benzene rings is 1. The van der Waals surface area contributed by atoms with Gasteiger partial charge in [-0.15, -0.1) is 0 Å². The van der Waals surface area contributed by atoms with E-state index in [1.165, 1.54) is 12.1 Å². The molecule has 0 fully saturated rings. The summed E-state index contributed by atoms with van der Waals surface area (Å²) in [5, 5.41) is 18.0. The SMILES string of the molecule is CCOc1cc(C=CC(=O)O)c(Br)cc1O. The number of ether oxygens (including phenoxy) is 1. The lowest BCUT2D eigenvalue weighted by Crippen LogP contribution is -1.93. The average Bonchev–Trinajstić information content (AvgIpc) is 2.20. The first-order valence-electron chi connectivity index (χ1n) is 4.61. The maximum Gasteiger partial charge on any atom is 0.328 e. The van der Waals surface area contributed by atoms with Gasteiger partial charge in [-0.1, -0.05) is 15.9 Å². The van der Waals surface area contributed by atoms with E-state index in [2.05, 4.69) is 15.9 Å². The molecule has 0 bridgehead atoms. The summed E-state index contributed by atoms with van der Waals surface area (Å²) < 4.78 is 5.79. The van der Waals surface area contributed by atoms with Crippen molar-refractivity contribution in [3.05, 3.63) is 28.2 Å². The van der Waals surface area contributed by atoms with Crippen LogP contribution in [0, 0.1) is 0 Å². The van der Waals surface area contributed by atoms with Gasteiger partial charge in [0.2, 0.25) is 0 Å².